The fourth-order valence-electron chi connectivity index (χ4n) is 2.50. The molecule has 0 fully saturated rings. The summed E-state index contributed by atoms with van der Waals surface area (Å²) in [7, 11) is 0. The van der Waals surface area contributed by atoms with Crippen molar-refractivity contribution in [2.45, 2.75) is 19.4 Å². The maximum Gasteiger partial charge on any atom is 0.231 e. The van der Waals surface area contributed by atoms with Gasteiger partial charge in [0.1, 0.15) is 17.2 Å². The van der Waals surface area contributed by atoms with Crippen molar-refractivity contribution in [1.82, 2.24) is 25.5 Å². The van der Waals surface area contributed by atoms with Crippen molar-refractivity contribution >= 4 is 17.2 Å². The molecule has 25 heavy (non-hydrogen) atoms. The van der Waals surface area contributed by atoms with E-state index in [0.29, 0.717) is 11.6 Å². The second kappa shape index (κ2) is 6.52. The first-order valence-corrected chi connectivity index (χ1v) is 8.56. The molecule has 8 nitrogen and oxygen atoms in total. The monoisotopic (exact) mass is 357 g/mol. The number of aromatic amines is 1. The van der Waals surface area contributed by atoms with Gasteiger partial charge in [-0.05, 0) is 25.1 Å². The Morgan fingerprint density at radius 1 is 1.40 bits per heavy atom. The maximum atomic E-state index is 12.2. The molecule has 2 N–H and O–H groups in total. The van der Waals surface area contributed by atoms with Gasteiger partial charge in [0.05, 0.1) is 18.2 Å². The molecule has 4 rings (SSSR count). The van der Waals surface area contributed by atoms with E-state index in [-0.39, 0.29) is 25.2 Å². The molecule has 1 aromatic carbocycles. The van der Waals surface area contributed by atoms with Crippen LogP contribution in [0.4, 0.5) is 0 Å². The van der Waals surface area contributed by atoms with Crippen molar-refractivity contribution in [2.24, 2.45) is 0 Å². The number of hydrogen-bond donors (Lipinski definition) is 2. The zero-order chi connectivity index (χ0) is 17.2. The van der Waals surface area contributed by atoms with E-state index >= 15 is 0 Å². The van der Waals surface area contributed by atoms with E-state index in [1.165, 1.54) is 17.7 Å². The molecular weight excluding hydrogens is 342 g/mol. The Morgan fingerprint density at radius 2 is 2.28 bits per heavy atom. The highest BCUT2D eigenvalue weighted by Crippen LogP contribution is 2.36. The number of benzene rings is 1. The Bertz CT molecular complexity index is 893. The van der Waals surface area contributed by atoms with Crippen molar-refractivity contribution in [3.05, 3.63) is 41.4 Å². The van der Waals surface area contributed by atoms with Crippen LogP contribution in [0.15, 0.2) is 29.9 Å². The molecule has 1 atom stereocenters. The van der Waals surface area contributed by atoms with E-state index in [2.05, 4.69) is 25.5 Å². The Labute approximate surface area is 147 Å². The van der Waals surface area contributed by atoms with Crippen molar-refractivity contribution in [2.75, 3.05) is 6.79 Å². The summed E-state index contributed by atoms with van der Waals surface area (Å²) in [4.78, 5) is 20.7. The predicted octanol–water partition coefficient (Wildman–Crippen LogP) is 2.08. The summed E-state index contributed by atoms with van der Waals surface area (Å²) in [5, 5.41) is 12.1. The number of carbonyl (C=O) groups is 1. The number of aromatic nitrogens is 4. The first kappa shape index (κ1) is 15.6. The minimum atomic E-state index is -0.234. The van der Waals surface area contributed by atoms with Gasteiger partial charge in [-0.1, -0.05) is 0 Å². The van der Waals surface area contributed by atoms with Crippen LogP contribution in [0, 0.1) is 0 Å². The van der Waals surface area contributed by atoms with Gasteiger partial charge >= 0.3 is 0 Å². The number of thiazole rings is 1. The fraction of sp³-hybridized carbons (Fsp3) is 0.250. The smallest absolute Gasteiger partial charge is 0.231 e. The first-order chi connectivity index (χ1) is 12.2. The maximum absolute atomic E-state index is 12.2. The molecule has 128 valence electrons. The Hall–Kier alpha value is -2.94. The quantitative estimate of drug-likeness (QED) is 0.725. The van der Waals surface area contributed by atoms with Crippen LogP contribution >= 0.6 is 11.3 Å². The van der Waals surface area contributed by atoms with Crippen molar-refractivity contribution < 1.29 is 14.3 Å². The second-order valence-corrected chi connectivity index (χ2v) is 6.41. The average molecular weight is 357 g/mol. The summed E-state index contributed by atoms with van der Waals surface area (Å²) in [6, 6.07) is 5.46. The third kappa shape index (κ3) is 3.31. The summed E-state index contributed by atoms with van der Waals surface area (Å²) >= 11 is 1.49. The molecule has 0 bridgehead atoms. The molecule has 0 radical (unpaired) electrons. The summed E-state index contributed by atoms with van der Waals surface area (Å²) < 4.78 is 10.7. The van der Waals surface area contributed by atoms with Gasteiger partial charge in [-0.2, -0.15) is 5.10 Å². The van der Waals surface area contributed by atoms with Crippen molar-refractivity contribution in [1.29, 1.82) is 0 Å². The average Bonchev–Trinajstić information content (AvgIpc) is 3.35. The van der Waals surface area contributed by atoms with Crippen LogP contribution in [0.5, 0.6) is 11.5 Å². The first-order valence-electron chi connectivity index (χ1n) is 7.68. The Morgan fingerprint density at radius 3 is 3.12 bits per heavy atom. The van der Waals surface area contributed by atoms with E-state index in [0.717, 1.165) is 22.0 Å². The van der Waals surface area contributed by atoms with E-state index in [4.69, 9.17) is 9.47 Å². The van der Waals surface area contributed by atoms with Gasteiger partial charge in [-0.15, -0.1) is 11.3 Å². The highest BCUT2D eigenvalue weighted by molar-refractivity contribution is 7.13. The molecule has 0 saturated carbocycles. The minimum Gasteiger partial charge on any atom is -0.454 e. The third-order valence-electron chi connectivity index (χ3n) is 3.73. The molecule has 3 heterocycles. The number of ether oxygens (including phenoxy) is 2. The van der Waals surface area contributed by atoms with Gasteiger partial charge in [0, 0.05) is 10.9 Å². The largest absolute Gasteiger partial charge is 0.454 e. The molecule has 1 amide bonds. The predicted molar refractivity (Wildman–Crippen MR) is 90.3 cm³/mol. The van der Waals surface area contributed by atoms with Gasteiger partial charge in [0.25, 0.3) is 0 Å². The van der Waals surface area contributed by atoms with Gasteiger partial charge in [0.2, 0.25) is 12.7 Å². The number of fused-ring (bicyclic) bond motifs is 1. The number of hydrogen-bond acceptors (Lipinski definition) is 7. The van der Waals surface area contributed by atoms with E-state index in [1.807, 2.05) is 30.5 Å². The van der Waals surface area contributed by atoms with Gasteiger partial charge in [0.15, 0.2) is 11.5 Å². The number of amides is 1. The van der Waals surface area contributed by atoms with Crippen LogP contribution in [0.2, 0.25) is 0 Å². The van der Waals surface area contributed by atoms with Gasteiger partial charge in [-0.3, -0.25) is 9.89 Å². The second-order valence-electron chi connectivity index (χ2n) is 5.55. The number of H-pyrrole nitrogens is 1. The number of nitrogens with zero attached hydrogens (tertiary/aromatic N) is 3. The van der Waals surface area contributed by atoms with Crippen LogP contribution in [-0.4, -0.2) is 32.9 Å². The molecular formula is C16H15N5O3S. The molecule has 9 heteroatoms. The standard InChI is InChI=1S/C16H15N5O3S/c1-9(15-17-7-18-21-15)19-14(22)5-11-6-25-16(20-11)10-2-3-12-13(4-10)24-8-23-12/h2-4,6-7,9H,5,8H2,1H3,(H,19,22)(H,17,18,21). The normalized spacial score (nSPS) is 13.6. The van der Waals surface area contributed by atoms with Crippen LogP contribution < -0.4 is 14.8 Å². The van der Waals surface area contributed by atoms with E-state index in [1.54, 1.807) is 0 Å². The highest BCUT2D eigenvalue weighted by Gasteiger charge is 2.17. The summed E-state index contributed by atoms with van der Waals surface area (Å²) in [5.41, 5.74) is 1.66. The molecule has 0 saturated heterocycles. The third-order valence-corrected chi connectivity index (χ3v) is 4.67. The molecule has 1 unspecified atom stereocenters. The van der Waals surface area contributed by atoms with Crippen LogP contribution in [0.25, 0.3) is 10.6 Å². The number of carbonyl (C=O) groups excluding carboxylic acids is 1. The van der Waals surface area contributed by atoms with Gasteiger partial charge in [-0.25, -0.2) is 9.97 Å². The van der Waals surface area contributed by atoms with E-state index < -0.39 is 0 Å². The minimum absolute atomic E-state index is 0.119. The number of nitrogens with one attached hydrogen (secondary N) is 2. The highest BCUT2D eigenvalue weighted by atomic mass is 32.1. The summed E-state index contributed by atoms with van der Waals surface area (Å²) in [6.07, 6.45) is 1.62. The Kier molecular flexibility index (Phi) is 4.06. The lowest BCUT2D eigenvalue weighted by molar-refractivity contribution is -0.121. The molecule has 0 aliphatic carbocycles. The lowest BCUT2D eigenvalue weighted by atomic mass is 10.2. The summed E-state index contributed by atoms with van der Waals surface area (Å²) in [6.45, 7) is 2.09. The molecule has 1 aliphatic rings. The molecule has 1 aliphatic heterocycles. The summed E-state index contributed by atoms with van der Waals surface area (Å²) in [5.74, 6) is 1.95. The molecule has 0 spiro atoms. The van der Waals surface area contributed by atoms with Crippen molar-refractivity contribution in [3.63, 3.8) is 0 Å². The zero-order valence-corrected chi connectivity index (χ0v) is 14.2. The van der Waals surface area contributed by atoms with Crippen molar-refractivity contribution in [3.8, 4) is 22.1 Å². The van der Waals surface area contributed by atoms with Crippen LogP contribution in [-0.2, 0) is 11.2 Å². The Balaban J connectivity index is 1.42. The lowest BCUT2D eigenvalue weighted by Gasteiger charge is -2.09. The molecule has 2 aromatic heterocycles. The SMILES string of the molecule is CC(NC(=O)Cc1csc(-c2ccc3c(c2)OCO3)n1)c1ncn[nH]1. The zero-order valence-electron chi connectivity index (χ0n) is 13.4. The topological polar surface area (TPSA) is 102 Å². The number of rotatable bonds is 5. The lowest BCUT2D eigenvalue weighted by Crippen LogP contribution is -2.28. The van der Waals surface area contributed by atoms with Crippen LogP contribution in [0.3, 0.4) is 0 Å². The molecule has 3 aromatic rings. The van der Waals surface area contributed by atoms with E-state index in [9.17, 15) is 4.79 Å². The fourth-order valence-corrected chi connectivity index (χ4v) is 3.32. The van der Waals surface area contributed by atoms with Gasteiger partial charge < -0.3 is 14.8 Å². The van der Waals surface area contributed by atoms with Crippen LogP contribution in [0.1, 0.15) is 24.5 Å².